The van der Waals surface area contributed by atoms with E-state index in [9.17, 15) is 5.11 Å². The van der Waals surface area contributed by atoms with Gasteiger partial charge in [0, 0.05) is 31.9 Å². The molecule has 4 nitrogen and oxygen atoms in total. The minimum Gasteiger partial charge on any atom is -0.396 e. The molecule has 1 aromatic carbocycles. The molecule has 22 heavy (non-hydrogen) atoms. The molecule has 1 aromatic rings. The summed E-state index contributed by atoms with van der Waals surface area (Å²) in [5.41, 5.74) is 2.65. The van der Waals surface area contributed by atoms with Crippen LogP contribution in [0.25, 0.3) is 0 Å². The van der Waals surface area contributed by atoms with Crippen LogP contribution >= 0.6 is 0 Å². The van der Waals surface area contributed by atoms with Gasteiger partial charge in [-0.2, -0.15) is 0 Å². The molecule has 0 radical (unpaired) electrons. The van der Waals surface area contributed by atoms with Crippen LogP contribution in [-0.2, 0) is 11.3 Å². The molecule has 1 aliphatic rings. The molecular formula is C18H30N2O2. The van der Waals surface area contributed by atoms with Gasteiger partial charge in [-0.15, -0.1) is 0 Å². The summed E-state index contributed by atoms with van der Waals surface area (Å²) >= 11 is 0. The fourth-order valence-corrected chi connectivity index (χ4v) is 2.65. The normalized spacial score (nSPS) is 16.0. The first kappa shape index (κ1) is 17.3. The Morgan fingerprint density at radius 2 is 1.86 bits per heavy atom. The number of anilines is 1. The molecule has 0 aliphatic carbocycles. The lowest BCUT2D eigenvalue weighted by Gasteiger charge is -2.28. The first-order valence-corrected chi connectivity index (χ1v) is 8.34. The van der Waals surface area contributed by atoms with Crippen molar-refractivity contribution in [3.8, 4) is 0 Å². The summed E-state index contributed by atoms with van der Waals surface area (Å²) in [6.45, 7) is 10.00. The standard InChI is InChI=1S/C18H30N2O2/c1-18(2,15-21)8-3-9-19-14-16-4-6-17(7-5-16)20-10-12-22-13-11-20/h4-7,19,21H,3,8-15H2,1-2H3. The van der Waals surface area contributed by atoms with E-state index in [1.807, 2.05) is 0 Å². The van der Waals surface area contributed by atoms with Gasteiger partial charge in [0.25, 0.3) is 0 Å². The maximum atomic E-state index is 9.23. The number of aliphatic hydroxyl groups excluding tert-OH is 1. The second-order valence-electron chi connectivity index (χ2n) is 6.87. The van der Waals surface area contributed by atoms with Crippen molar-refractivity contribution >= 4 is 5.69 Å². The molecule has 1 aliphatic heterocycles. The van der Waals surface area contributed by atoms with Crippen molar-refractivity contribution in [3.63, 3.8) is 0 Å². The van der Waals surface area contributed by atoms with E-state index in [1.54, 1.807) is 0 Å². The Labute approximate surface area is 134 Å². The van der Waals surface area contributed by atoms with E-state index in [0.29, 0.717) is 0 Å². The third-order valence-corrected chi connectivity index (χ3v) is 4.28. The van der Waals surface area contributed by atoms with E-state index in [2.05, 4.69) is 48.3 Å². The number of nitrogens with one attached hydrogen (secondary N) is 1. The average molecular weight is 306 g/mol. The lowest BCUT2D eigenvalue weighted by Crippen LogP contribution is -2.36. The van der Waals surface area contributed by atoms with Gasteiger partial charge in [-0.25, -0.2) is 0 Å². The Morgan fingerprint density at radius 1 is 1.18 bits per heavy atom. The summed E-state index contributed by atoms with van der Waals surface area (Å²) in [5.74, 6) is 0. The molecule has 4 heteroatoms. The summed E-state index contributed by atoms with van der Waals surface area (Å²) < 4.78 is 5.39. The van der Waals surface area contributed by atoms with Crippen LogP contribution in [0.5, 0.6) is 0 Å². The zero-order valence-electron chi connectivity index (χ0n) is 14.0. The quantitative estimate of drug-likeness (QED) is 0.724. The molecule has 2 N–H and O–H groups in total. The van der Waals surface area contributed by atoms with Crippen molar-refractivity contribution in [2.45, 2.75) is 33.2 Å². The van der Waals surface area contributed by atoms with Gasteiger partial charge >= 0.3 is 0 Å². The summed E-state index contributed by atoms with van der Waals surface area (Å²) in [6, 6.07) is 8.82. The van der Waals surface area contributed by atoms with Crippen LogP contribution in [0.4, 0.5) is 5.69 Å². The van der Waals surface area contributed by atoms with E-state index < -0.39 is 0 Å². The predicted octanol–water partition coefficient (Wildman–Crippen LogP) is 2.41. The van der Waals surface area contributed by atoms with Gasteiger partial charge in [0.15, 0.2) is 0 Å². The zero-order chi connectivity index (χ0) is 15.8. The minimum atomic E-state index is 0.0431. The Morgan fingerprint density at radius 3 is 2.50 bits per heavy atom. The average Bonchev–Trinajstić information content (AvgIpc) is 2.56. The van der Waals surface area contributed by atoms with Gasteiger partial charge in [0.2, 0.25) is 0 Å². The fraction of sp³-hybridized carbons (Fsp3) is 0.667. The van der Waals surface area contributed by atoms with Crippen LogP contribution in [0.3, 0.4) is 0 Å². The number of morpholine rings is 1. The Balaban J connectivity index is 1.68. The Bertz CT molecular complexity index is 425. The van der Waals surface area contributed by atoms with E-state index >= 15 is 0 Å². The molecule has 0 spiro atoms. The number of hydrogen-bond acceptors (Lipinski definition) is 4. The molecule has 0 saturated carbocycles. The maximum Gasteiger partial charge on any atom is 0.0642 e. The highest BCUT2D eigenvalue weighted by Gasteiger charge is 2.15. The molecule has 0 aromatic heterocycles. The largest absolute Gasteiger partial charge is 0.396 e. The van der Waals surface area contributed by atoms with Crippen molar-refractivity contribution in [1.29, 1.82) is 0 Å². The third-order valence-electron chi connectivity index (χ3n) is 4.28. The van der Waals surface area contributed by atoms with Gasteiger partial charge in [0.1, 0.15) is 0 Å². The summed E-state index contributed by atoms with van der Waals surface area (Å²) in [4.78, 5) is 2.37. The number of benzene rings is 1. The lowest BCUT2D eigenvalue weighted by atomic mass is 9.89. The van der Waals surface area contributed by atoms with Crippen LogP contribution in [0.2, 0.25) is 0 Å². The van der Waals surface area contributed by atoms with E-state index in [1.165, 1.54) is 11.3 Å². The van der Waals surface area contributed by atoms with Gasteiger partial charge in [-0.3, -0.25) is 0 Å². The third kappa shape index (κ3) is 5.59. The first-order valence-electron chi connectivity index (χ1n) is 8.34. The van der Waals surface area contributed by atoms with Crippen molar-refractivity contribution in [1.82, 2.24) is 5.32 Å². The fourth-order valence-electron chi connectivity index (χ4n) is 2.65. The minimum absolute atomic E-state index is 0.0431. The monoisotopic (exact) mass is 306 g/mol. The van der Waals surface area contributed by atoms with E-state index in [-0.39, 0.29) is 12.0 Å². The van der Waals surface area contributed by atoms with Crippen LogP contribution in [-0.4, -0.2) is 44.6 Å². The number of nitrogens with zero attached hydrogens (tertiary/aromatic N) is 1. The number of hydrogen-bond donors (Lipinski definition) is 2. The van der Waals surface area contributed by atoms with Crippen LogP contribution in [0.1, 0.15) is 32.3 Å². The Hall–Kier alpha value is -1.10. The first-order chi connectivity index (χ1) is 10.6. The summed E-state index contributed by atoms with van der Waals surface area (Å²) in [7, 11) is 0. The smallest absolute Gasteiger partial charge is 0.0642 e. The molecule has 0 atom stereocenters. The second-order valence-corrected chi connectivity index (χ2v) is 6.87. The van der Waals surface area contributed by atoms with Crippen LogP contribution in [0.15, 0.2) is 24.3 Å². The van der Waals surface area contributed by atoms with Crippen molar-refractivity contribution < 1.29 is 9.84 Å². The van der Waals surface area contributed by atoms with Gasteiger partial charge in [-0.1, -0.05) is 26.0 Å². The molecular weight excluding hydrogens is 276 g/mol. The van der Waals surface area contributed by atoms with Crippen LogP contribution < -0.4 is 10.2 Å². The number of aliphatic hydroxyl groups is 1. The maximum absolute atomic E-state index is 9.23. The molecule has 2 rings (SSSR count). The van der Waals surface area contributed by atoms with Crippen molar-refractivity contribution in [2.75, 3.05) is 44.4 Å². The number of rotatable bonds is 8. The molecule has 0 unspecified atom stereocenters. The molecule has 0 bridgehead atoms. The van der Waals surface area contributed by atoms with Gasteiger partial charge in [0.05, 0.1) is 13.2 Å². The zero-order valence-corrected chi connectivity index (χ0v) is 14.0. The van der Waals surface area contributed by atoms with E-state index in [0.717, 1.165) is 52.2 Å². The highest BCUT2D eigenvalue weighted by atomic mass is 16.5. The molecule has 0 amide bonds. The highest BCUT2D eigenvalue weighted by Crippen LogP contribution is 2.20. The molecule has 1 fully saturated rings. The Kier molecular flexibility index (Phi) is 6.68. The highest BCUT2D eigenvalue weighted by molar-refractivity contribution is 5.47. The SMILES string of the molecule is CC(C)(CO)CCCNCc1ccc(N2CCOCC2)cc1. The second kappa shape index (κ2) is 8.51. The van der Waals surface area contributed by atoms with Crippen LogP contribution in [0, 0.1) is 5.41 Å². The molecule has 1 saturated heterocycles. The summed E-state index contributed by atoms with van der Waals surface area (Å²) in [6.07, 6.45) is 2.14. The van der Waals surface area contributed by atoms with Crippen molar-refractivity contribution in [3.05, 3.63) is 29.8 Å². The topological polar surface area (TPSA) is 44.7 Å². The van der Waals surface area contributed by atoms with Crippen molar-refractivity contribution in [2.24, 2.45) is 5.41 Å². The molecule has 124 valence electrons. The predicted molar refractivity (Wildman–Crippen MR) is 91.3 cm³/mol. The lowest BCUT2D eigenvalue weighted by molar-refractivity contribution is 0.122. The van der Waals surface area contributed by atoms with Gasteiger partial charge < -0.3 is 20.1 Å². The summed E-state index contributed by atoms with van der Waals surface area (Å²) in [5, 5.41) is 12.7. The van der Waals surface area contributed by atoms with E-state index in [4.69, 9.17) is 4.74 Å². The molecule has 1 heterocycles. The van der Waals surface area contributed by atoms with Gasteiger partial charge in [-0.05, 0) is 42.5 Å². The number of ether oxygens (including phenoxy) is 1.